The van der Waals surface area contributed by atoms with Crippen LogP contribution in [0.5, 0.6) is 11.5 Å². The van der Waals surface area contributed by atoms with Crippen molar-refractivity contribution in [2.24, 2.45) is 9.98 Å². The van der Waals surface area contributed by atoms with Crippen LogP contribution in [0.4, 0.5) is 11.4 Å². The van der Waals surface area contributed by atoms with Gasteiger partial charge >= 0.3 is 0 Å². The molecule has 0 heterocycles. The highest BCUT2D eigenvalue weighted by atomic mass is 16.5. The lowest BCUT2D eigenvalue weighted by Gasteiger charge is -2.15. The van der Waals surface area contributed by atoms with Crippen LogP contribution in [-0.4, -0.2) is 48.8 Å². The summed E-state index contributed by atoms with van der Waals surface area (Å²) in [5.41, 5.74) is 3.77. The van der Waals surface area contributed by atoms with Gasteiger partial charge in [-0.2, -0.15) is 0 Å². The van der Waals surface area contributed by atoms with Crippen molar-refractivity contribution >= 4 is 45.9 Å². The Bertz CT molecular complexity index is 2250. The normalized spacial score (nSPS) is 11.5. The molecule has 0 spiro atoms. The molecule has 0 radical (unpaired) electrons. The standard InChI is InChI=1S/C46H36N2O6/c1-29(47-41-37(45(51)33-21-13-7-14-22-33)25-35(27-39(41)53-3)43(49)31-17-9-5-10-18-31)30(2)48-42-38(46(52)34-23-15-8-16-24-34)26-36(28-40(42)54-4)44(50)32-19-11-6-12-20-32/h5-28H,1-4H3. The molecule has 0 fully saturated rings. The van der Waals surface area contributed by atoms with Crippen LogP contribution in [0.2, 0.25) is 0 Å². The SMILES string of the molecule is COc1cc(C(=O)c2ccccc2)cc(C(=O)c2ccccc2)c1N=C(C)C(C)=Nc1c(OC)cc(C(=O)c2ccccc2)cc1C(=O)c1ccccc1. The Kier molecular flexibility index (Phi) is 11.2. The maximum atomic E-state index is 14.1. The van der Waals surface area contributed by atoms with Gasteiger partial charge in [0.25, 0.3) is 0 Å². The molecule has 0 atom stereocenters. The summed E-state index contributed by atoms with van der Waals surface area (Å²) in [5.74, 6) is -0.840. The highest BCUT2D eigenvalue weighted by Crippen LogP contribution is 2.38. The smallest absolute Gasteiger partial charge is 0.195 e. The van der Waals surface area contributed by atoms with Gasteiger partial charge in [-0.3, -0.25) is 19.2 Å². The van der Waals surface area contributed by atoms with Crippen molar-refractivity contribution < 1.29 is 28.7 Å². The first-order valence-corrected chi connectivity index (χ1v) is 17.1. The third-order valence-corrected chi connectivity index (χ3v) is 8.83. The number of benzene rings is 6. The minimum Gasteiger partial charge on any atom is -0.494 e. The Morgan fingerprint density at radius 2 is 0.667 bits per heavy atom. The first kappa shape index (κ1) is 36.7. The number of methoxy groups -OCH3 is 2. The summed E-state index contributed by atoms with van der Waals surface area (Å²) in [6, 6.07) is 41.2. The van der Waals surface area contributed by atoms with Crippen molar-refractivity contribution in [2.45, 2.75) is 13.8 Å². The molecule has 0 amide bonds. The second kappa shape index (κ2) is 16.5. The Hall–Kier alpha value is -7.06. The summed E-state index contributed by atoms with van der Waals surface area (Å²) in [4.78, 5) is 65.0. The van der Waals surface area contributed by atoms with Crippen LogP contribution in [0, 0.1) is 0 Å². The maximum Gasteiger partial charge on any atom is 0.195 e. The molecule has 0 unspecified atom stereocenters. The quantitative estimate of drug-likeness (QED) is 0.0871. The van der Waals surface area contributed by atoms with Gasteiger partial charge in [0.15, 0.2) is 23.1 Å². The molecule has 0 saturated heterocycles. The molecule has 0 N–H and O–H groups in total. The fourth-order valence-electron chi connectivity index (χ4n) is 5.87. The van der Waals surface area contributed by atoms with Gasteiger partial charge in [0, 0.05) is 33.4 Å². The van der Waals surface area contributed by atoms with E-state index in [2.05, 4.69) is 0 Å². The Morgan fingerprint density at radius 3 is 0.944 bits per heavy atom. The first-order chi connectivity index (χ1) is 26.2. The van der Waals surface area contributed by atoms with Crippen molar-refractivity contribution in [3.8, 4) is 11.5 Å². The minimum atomic E-state index is -0.353. The van der Waals surface area contributed by atoms with E-state index in [1.807, 2.05) is 24.3 Å². The zero-order valence-electron chi connectivity index (χ0n) is 30.2. The van der Waals surface area contributed by atoms with E-state index in [1.165, 1.54) is 26.4 Å². The van der Waals surface area contributed by atoms with Gasteiger partial charge in [-0.1, -0.05) is 121 Å². The van der Waals surface area contributed by atoms with E-state index in [1.54, 1.807) is 123 Å². The molecule has 6 aromatic rings. The number of carbonyl (C=O) groups excluding carboxylic acids is 4. The number of hydrogen-bond donors (Lipinski definition) is 0. The number of hydrogen-bond acceptors (Lipinski definition) is 8. The molecule has 0 saturated carbocycles. The molecule has 54 heavy (non-hydrogen) atoms. The van der Waals surface area contributed by atoms with Crippen LogP contribution in [-0.2, 0) is 0 Å². The predicted molar refractivity (Wildman–Crippen MR) is 211 cm³/mol. The summed E-state index contributed by atoms with van der Waals surface area (Å²) in [6.07, 6.45) is 0. The lowest BCUT2D eigenvalue weighted by molar-refractivity contribution is 0.102. The summed E-state index contributed by atoms with van der Waals surface area (Å²) >= 11 is 0. The van der Waals surface area contributed by atoms with Crippen molar-refractivity contribution in [2.75, 3.05) is 14.2 Å². The van der Waals surface area contributed by atoms with E-state index in [0.717, 1.165) is 0 Å². The summed E-state index contributed by atoms with van der Waals surface area (Å²) < 4.78 is 11.5. The third-order valence-electron chi connectivity index (χ3n) is 8.83. The number of aliphatic imine (C=N–C) groups is 2. The molecule has 0 aliphatic heterocycles. The topological polar surface area (TPSA) is 111 Å². The summed E-state index contributed by atoms with van der Waals surface area (Å²) in [5, 5.41) is 0. The van der Waals surface area contributed by atoms with Crippen molar-refractivity contribution in [3.63, 3.8) is 0 Å². The monoisotopic (exact) mass is 712 g/mol. The lowest BCUT2D eigenvalue weighted by atomic mass is 9.95. The number of nitrogens with zero attached hydrogens (tertiary/aromatic N) is 2. The molecule has 8 heteroatoms. The summed E-state index contributed by atoms with van der Waals surface area (Å²) in [7, 11) is 2.89. The second-order valence-corrected chi connectivity index (χ2v) is 12.3. The molecule has 6 aromatic carbocycles. The van der Waals surface area contributed by atoms with Gasteiger partial charge in [0.2, 0.25) is 0 Å². The van der Waals surface area contributed by atoms with Gasteiger partial charge in [0.1, 0.15) is 22.9 Å². The van der Waals surface area contributed by atoms with Gasteiger partial charge in [-0.25, -0.2) is 9.98 Å². The van der Waals surface area contributed by atoms with Crippen molar-refractivity contribution in [3.05, 3.63) is 190 Å². The number of rotatable bonds is 13. The molecule has 0 bridgehead atoms. The number of ketones is 4. The van der Waals surface area contributed by atoms with Gasteiger partial charge in [-0.15, -0.1) is 0 Å². The molecule has 0 aliphatic rings. The first-order valence-electron chi connectivity index (χ1n) is 17.1. The fraction of sp³-hybridized carbons (Fsp3) is 0.0870. The highest BCUT2D eigenvalue weighted by molar-refractivity contribution is 6.42. The predicted octanol–water partition coefficient (Wildman–Crippen LogP) is 9.51. The van der Waals surface area contributed by atoms with Crippen LogP contribution in [0.3, 0.4) is 0 Å². The minimum absolute atomic E-state index is 0.160. The van der Waals surface area contributed by atoms with Gasteiger partial charge in [-0.05, 0) is 38.1 Å². The van der Waals surface area contributed by atoms with E-state index >= 15 is 0 Å². The Balaban J connectivity index is 1.50. The molecular weight excluding hydrogens is 677 g/mol. The van der Waals surface area contributed by atoms with Crippen LogP contribution in [0.25, 0.3) is 0 Å². The van der Waals surface area contributed by atoms with Crippen molar-refractivity contribution in [1.29, 1.82) is 0 Å². The molecule has 266 valence electrons. The Labute approximate surface area is 313 Å². The molecule has 0 aromatic heterocycles. The van der Waals surface area contributed by atoms with E-state index in [9.17, 15) is 19.2 Å². The average molecular weight is 713 g/mol. The van der Waals surface area contributed by atoms with E-state index in [4.69, 9.17) is 19.5 Å². The number of carbonyl (C=O) groups is 4. The number of ether oxygens (including phenoxy) is 2. The zero-order valence-corrected chi connectivity index (χ0v) is 30.2. The highest BCUT2D eigenvalue weighted by Gasteiger charge is 2.24. The van der Waals surface area contributed by atoms with Crippen LogP contribution in [0.15, 0.2) is 156 Å². The lowest BCUT2D eigenvalue weighted by Crippen LogP contribution is -2.11. The van der Waals surface area contributed by atoms with Crippen LogP contribution < -0.4 is 9.47 Å². The summed E-state index contributed by atoms with van der Waals surface area (Å²) in [6.45, 7) is 3.44. The molecule has 0 aliphatic carbocycles. The van der Waals surface area contributed by atoms with Crippen molar-refractivity contribution in [1.82, 2.24) is 0 Å². The van der Waals surface area contributed by atoms with Crippen LogP contribution in [0.1, 0.15) is 77.5 Å². The van der Waals surface area contributed by atoms with E-state index in [-0.39, 0.29) is 68.3 Å². The molecule has 8 nitrogen and oxygen atoms in total. The van der Waals surface area contributed by atoms with E-state index < -0.39 is 0 Å². The molecular formula is C46H36N2O6. The third kappa shape index (κ3) is 7.88. The average Bonchev–Trinajstić information content (AvgIpc) is 3.23. The molecule has 6 rings (SSSR count). The van der Waals surface area contributed by atoms with Gasteiger partial charge < -0.3 is 9.47 Å². The van der Waals surface area contributed by atoms with Gasteiger partial charge in [0.05, 0.1) is 36.8 Å². The largest absolute Gasteiger partial charge is 0.494 e. The van der Waals surface area contributed by atoms with Crippen LogP contribution >= 0.6 is 0 Å². The maximum absolute atomic E-state index is 14.1. The zero-order chi connectivity index (χ0) is 38.2. The Morgan fingerprint density at radius 1 is 0.389 bits per heavy atom. The van der Waals surface area contributed by atoms with E-state index in [0.29, 0.717) is 33.7 Å². The second-order valence-electron chi connectivity index (χ2n) is 12.3. The fourth-order valence-corrected chi connectivity index (χ4v) is 5.87.